The largest absolute Gasteiger partial charge is 0.383 e. The number of aromatic nitrogens is 3. The Labute approximate surface area is 124 Å². The van der Waals surface area contributed by atoms with Gasteiger partial charge in [-0.05, 0) is 35.4 Å². The summed E-state index contributed by atoms with van der Waals surface area (Å²) in [4.78, 5) is 13.4. The molecule has 0 saturated carbocycles. The molecule has 0 radical (unpaired) electrons. The van der Waals surface area contributed by atoms with Gasteiger partial charge in [-0.25, -0.2) is 15.0 Å². The second kappa shape index (κ2) is 5.48. The van der Waals surface area contributed by atoms with Gasteiger partial charge in [-0.1, -0.05) is 13.8 Å². The lowest BCUT2D eigenvalue weighted by atomic mass is 10.1. The lowest BCUT2D eigenvalue weighted by Gasteiger charge is -2.10. The maximum atomic E-state index is 5.94. The summed E-state index contributed by atoms with van der Waals surface area (Å²) in [5.41, 5.74) is 7.97. The second-order valence-corrected chi connectivity index (χ2v) is 6.55. The van der Waals surface area contributed by atoms with Crippen LogP contribution in [0.25, 0.3) is 0 Å². The molecule has 2 aromatic rings. The van der Waals surface area contributed by atoms with E-state index in [1.54, 1.807) is 11.3 Å². The molecule has 4 nitrogen and oxygen atoms in total. The van der Waals surface area contributed by atoms with Crippen LogP contribution in [-0.4, -0.2) is 15.0 Å². The predicted octanol–water partition coefficient (Wildman–Crippen LogP) is 3.14. The van der Waals surface area contributed by atoms with E-state index in [2.05, 4.69) is 51.4 Å². The third-order valence-electron chi connectivity index (χ3n) is 2.50. The van der Waals surface area contributed by atoms with Gasteiger partial charge >= 0.3 is 0 Å². The fourth-order valence-corrected chi connectivity index (χ4v) is 3.12. The second-order valence-electron chi connectivity index (χ2n) is 4.41. The topological polar surface area (TPSA) is 64.7 Å². The van der Waals surface area contributed by atoms with Gasteiger partial charge in [-0.15, -0.1) is 11.3 Å². The number of halogens is 1. The normalized spacial score (nSPS) is 11.2. The molecule has 0 aliphatic carbocycles. The maximum Gasteiger partial charge on any atom is 0.140 e. The fourth-order valence-electron chi connectivity index (χ4n) is 1.65. The maximum absolute atomic E-state index is 5.94. The quantitative estimate of drug-likeness (QED) is 0.839. The molecule has 2 rings (SSSR count). The Morgan fingerprint density at radius 3 is 2.61 bits per heavy atom. The van der Waals surface area contributed by atoms with Crippen LogP contribution in [0.3, 0.4) is 0 Å². The molecule has 0 aliphatic rings. The highest BCUT2D eigenvalue weighted by Crippen LogP contribution is 2.24. The fraction of sp³-hybridized carbons (Fsp3) is 0.417. The molecular formula is C12H15IN4S. The SMILES string of the molecule is Cc1nc(Cc2nc(N)c(I)c(C(C)C)n2)cs1. The predicted molar refractivity (Wildman–Crippen MR) is 82.9 cm³/mol. The van der Waals surface area contributed by atoms with Crippen LogP contribution >= 0.6 is 33.9 Å². The molecule has 0 atom stereocenters. The first-order valence-corrected chi connectivity index (χ1v) is 7.66. The Balaban J connectivity index is 2.34. The average Bonchev–Trinajstić information content (AvgIpc) is 2.68. The highest BCUT2D eigenvalue weighted by Gasteiger charge is 2.13. The highest BCUT2D eigenvalue weighted by molar-refractivity contribution is 14.1. The van der Waals surface area contributed by atoms with E-state index in [9.17, 15) is 0 Å². The lowest BCUT2D eigenvalue weighted by molar-refractivity contribution is 0.783. The average molecular weight is 374 g/mol. The lowest BCUT2D eigenvalue weighted by Crippen LogP contribution is -2.09. The number of hydrogen-bond acceptors (Lipinski definition) is 5. The van der Waals surface area contributed by atoms with Crippen LogP contribution in [0.1, 0.15) is 42.0 Å². The van der Waals surface area contributed by atoms with Crippen molar-refractivity contribution in [3.05, 3.63) is 31.2 Å². The monoisotopic (exact) mass is 374 g/mol. The molecule has 0 saturated heterocycles. The van der Waals surface area contributed by atoms with Crippen molar-refractivity contribution in [1.82, 2.24) is 15.0 Å². The third kappa shape index (κ3) is 2.97. The van der Waals surface area contributed by atoms with Crippen molar-refractivity contribution >= 4 is 39.7 Å². The van der Waals surface area contributed by atoms with Gasteiger partial charge in [0.05, 0.1) is 26.4 Å². The zero-order valence-electron chi connectivity index (χ0n) is 10.6. The number of anilines is 1. The van der Waals surface area contributed by atoms with Crippen molar-refractivity contribution in [2.45, 2.75) is 33.1 Å². The van der Waals surface area contributed by atoms with Crippen molar-refractivity contribution in [1.29, 1.82) is 0 Å². The number of nitrogens with two attached hydrogens (primary N) is 1. The van der Waals surface area contributed by atoms with Crippen LogP contribution in [0.15, 0.2) is 5.38 Å². The van der Waals surface area contributed by atoms with Crippen LogP contribution in [-0.2, 0) is 6.42 Å². The van der Waals surface area contributed by atoms with Crippen molar-refractivity contribution in [2.75, 3.05) is 5.73 Å². The molecule has 0 spiro atoms. The van der Waals surface area contributed by atoms with E-state index in [1.165, 1.54) is 0 Å². The molecule has 96 valence electrons. The number of thiazole rings is 1. The summed E-state index contributed by atoms with van der Waals surface area (Å²) in [5.74, 6) is 1.66. The third-order valence-corrected chi connectivity index (χ3v) is 4.43. The Bertz CT molecular complexity index is 565. The smallest absolute Gasteiger partial charge is 0.140 e. The number of nitrogens with zero attached hydrogens (tertiary/aromatic N) is 3. The van der Waals surface area contributed by atoms with Gasteiger partial charge < -0.3 is 5.73 Å². The number of hydrogen-bond donors (Lipinski definition) is 1. The summed E-state index contributed by atoms with van der Waals surface area (Å²) < 4.78 is 0.959. The summed E-state index contributed by atoms with van der Waals surface area (Å²) in [5, 5.41) is 3.11. The minimum atomic E-state index is 0.345. The zero-order valence-corrected chi connectivity index (χ0v) is 13.5. The molecule has 2 heterocycles. The van der Waals surface area contributed by atoms with Crippen LogP contribution < -0.4 is 5.73 Å². The summed E-state index contributed by atoms with van der Waals surface area (Å²) in [7, 11) is 0. The minimum absolute atomic E-state index is 0.345. The van der Waals surface area contributed by atoms with E-state index >= 15 is 0 Å². The summed E-state index contributed by atoms with van der Waals surface area (Å²) >= 11 is 3.85. The van der Waals surface area contributed by atoms with E-state index in [0.29, 0.717) is 18.2 Å². The van der Waals surface area contributed by atoms with Gasteiger partial charge in [0, 0.05) is 5.38 Å². The molecule has 18 heavy (non-hydrogen) atoms. The van der Waals surface area contributed by atoms with E-state index < -0.39 is 0 Å². The molecule has 2 aromatic heterocycles. The van der Waals surface area contributed by atoms with Gasteiger partial charge in [0.15, 0.2) is 0 Å². The van der Waals surface area contributed by atoms with Gasteiger partial charge in [-0.2, -0.15) is 0 Å². The molecule has 0 aromatic carbocycles. The number of aryl methyl sites for hydroxylation is 1. The summed E-state index contributed by atoms with van der Waals surface area (Å²) in [6, 6.07) is 0. The molecule has 0 fully saturated rings. The van der Waals surface area contributed by atoms with Gasteiger partial charge in [-0.3, -0.25) is 0 Å². The first kappa shape index (κ1) is 13.7. The van der Waals surface area contributed by atoms with E-state index in [4.69, 9.17) is 5.73 Å². The Morgan fingerprint density at radius 2 is 2.06 bits per heavy atom. The first-order valence-electron chi connectivity index (χ1n) is 5.70. The van der Waals surface area contributed by atoms with Crippen LogP contribution in [0.2, 0.25) is 0 Å². The van der Waals surface area contributed by atoms with Crippen molar-refractivity contribution in [3.8, 4) is 0 Å². The molecule has 0 unspecified atom stereocenters. The Kier molecular flexibility index (Phi) is 4.16. The van der Waals surface area contributed by atoms with Gasteiger partial charge in [0.1, 0.15) is 11.6 Å². The van der Waals surface area contributed by atoms with Crippen molar-refractivity contribution < 1.29 is 0 Å². The highest BCUT2D eigenvalue weighted by atomic mass is 127. The molecule has 0 aliphatic heterocycles. The van der Waals surface area contributed by atoms with Gasteiger partial charge in [0.25, 0.3) is 0 Å². The minimum Gasteiger partial charge on any atom is -0.383 e. The zero-order chi connectivity index (χ0) is 13.3. The van der Waals surface area contributed by atoms with Crippen LogP contribution in [0.5, 0.6) is 0 Å². The van der Waals surface area contributed by atoms with Gasteiger partial charge in [0.2, 0.25) is 0 Å². The van der Waals surface area contributed by atoms with Crippen molar-refractivity contribution in [2.24, 2.45) is 0 Å². The molecular weight excluding hydrogens is 359 g/mol. The van der Waals surface area contributed by atoms with Crippen molar-refractivity contribution in [3.63, 3.8) is 0 Å². The Hall–Kier alpha value is -0.760. The molecule has 6 heteroatoms. The number of nitrogen functional groups attached to an aromatic ring is 1. The Morgan fingerprint density at radius 1 is 1.33 bits per heavy atom. The first-order chi connectivity index (χ1) is 8.47. The summed E-state index contributed by atoms with van der Waals surface area (Å²) in [6.45, 7) is 6.22. The van der Waals surface area contributed by atoms with Crippen LogP contribution in [0.4, 0.5) is 5.82 Å². The molecule has 0 bridgehead atoms. The number of rotatable bonds is 3. The van der Waals surface area contributed by atoms with E-state index in [1.807, 2.05) is 12.3 Å². The van der Waals surface area contributed by atoms with Crippen LogP contribution in [0, 0.1) is 10.5 Å². The summed E-state index contributed by atoms with van der Waals surface area (Å²) in [6.07, 6.45) is 0.644. The van der Waals surface area contributed by atoms with E-state index in [-0.39, 0.29) is 0 Å². The molecule has 2 N–H and O–H groups in total. The molecule has 0 amide bonds. The van der Waals surface area contributed by atoms with E-state index in [0.717, 1.165) is 25.8 Å². The standard InChI is InChI=1S/C12H15IN4S/c1-6(2)11-10(13)12(14)17-9(16-11)4-8-5-18-7(3)15-8/h5-6H,4H2,1-3H3,(H2,14,16,17).